The van der Waals surface area contributed by atoms with Crippen LogP contribution in [0.15, 0.2) is 48.5 Å². The Balaban J connectivity index is 1.47. The molecule has 2 aliphatic rings. The molecule has 0 spiro atoms. The van der Waals surface area contributed by atoms with Crippen LogP contribution in [0, 0.1) is 0 Å². The number of rotatable bonds is 4. The zero-order valence-electron chi connectivity index (χ0n) is 15.9. The highest BCUT2D eigenvalue weighted by Gasteiger charge is 2.43. The number of nitrogens with zero attached hydrogens (tertiary/aromatic N) is 1. The molecule has 1 fully saturated rings. The summed E-state index contributed by atoms with van der Waals surface area (Å²) in [6.07, 6.45) is 0.0558. The highest BCUT2D eigenvalue weighted by molar-refractivity contribution is 5.84. The Morgan fingerprint density at radius 3 is 2.14 bits per heavy atom. The number of carboxylic acids is 1. The van der Waals surface area contributed by atoms with E-state index in [1.54, 1.807) is 0 Å². The molecule has 0 saturated carbocycles. The number of aliphatic carboxylic acids is 1. The fourth-order valence-electron chi connectivity index (χ4n) is 4.22. The van der Waals surface area contributed by atoms with Gasteiger partial charge in [0.2, 0.25) is 0 Å². The first-order valence-corrected chi connectivity index (χ1v) is 9.55. The molecule has 0 bridgehead atoms. The Hall–Kier alpha value is -2.86. The molecule has 6 heteroatoms. The zero-order valence-corrected chi connectivity index (χ0v) is 15.9. The molecule has 1 amide bonds. The summed E-state index contributed by atoms with van der Waals surface area (Å²) in [6, 6.07) is 16.2. The van der Waals surface area contributed by atoms with Gasteiger partial charge in [-0.1, -0.05) is 48.5 Å². The average molecular weight is 380 g/mol. The van der Waals surface area contributed by atoms with E-state index in [-0.39, 0.29) is 12.5 Å². The molecular weight excluding hydrogens is 356 g/mol. The predicted octanol–water partition coefficient (Wildman–Crippen LogP) is 3.07. The molecule has 1 aliphatic heterocycles. The van der Waals surface area contributed by atoms with Crippen molar-refractivity contribution in [3.05, 3.63) is 59.7 Å². The summed E-state index contributed by atoms with van der Waals surface area (Å²) in [5.74, 6) is -1.05. The first-order chi connectivity index (χ1) is 13.5. The lowest BCUT2D eigenvalue weighted by Gasteiger charge is -2.37. The second-order valence-electron chi connectivity index (χ2n) is 7.64. The van der Waals surface area contributed by atoms with Crippen LogP contribution in [0.2, 0.25) is 0 Å². The van der Waals surface area contributed by atoms with Gasteiger partial charge in [0.1, 0.15) is 12.1 Å². The third-order valence-electron chi connectivity index (χ3n) is 5.94. The SMILES string of the molecule is CN1CCC(NC(=O)OCC2c3ccccc3-c3ccccc32)(C(=O)O)CC1. The molecule has 28 heavy (non-hydrogen) atoms. The number of nitrogens with one attached hydrogen (secondary N) is 1. The molecule has 0 aromatic heterocycles. The van der Waals surface area contributed by atoms with Gasteiger partial charge in [-0.2, -0.15) is 0 Å². The number of alkyl carbamates (subject to hydrolysis) is 1. The van der Waals surface area contributed by atoms with Crippen molar-refractivity contribution in [3.8, 4) is 11.1 Å². The van der Waals surface area contributed by atoms with Gasteiger partial charge >= 0.3 is 12.1 Å². The van der Waals surface area contributed by atoms with E-state index in [9.17, 15) is 14.7 Å². The molecular formula is C22H24N2O4. The van der Waals surface area contributed by atoms with E-state index in [0.717, 1.165) is 22.3 Å². The van der Waals surface area contributed by atoms with Gasteiger partial charge in [-0.25, -0.2) is 9.59 Å². The molecule has 1 saturated heterocycles. The molecule has 1 aliphatic carbocycles. The van der Waals surface area contributed by atoms with Crippen LogP contribution >= 0.6 is 0 Å². The summed E-state index contributed by atoms with van der Waals surface area (Å²) in [6.45, 7) is 1.42. The highest BCUT2D eigenvalue weighted by Crippen LogP contribution is 2.44. The number of amides is 1. The van der Waals surface area contributed by atoms with Crippen LogP contribution in [0.4, 0.5) is 4.79 Å². The van der Waals surface area contributed by atoms with E-state index in [2.05, 4.69) is 34.5 Å². The smallest absolute Gasteiger partial charge is 0.408 e. The Morgan fingerprint density at radius 1 is 1.07 bits per heavy atom. The van der Waals surface area contributed by atoms with Gasteiger partial charge in [0, 0.05) is 19.0 Å². The van der Waals surface area contributed by atoms with Gasteiger partial charge in [0.05, 0.1) is 0 Å². The number of carbonyl (C=O) groups excluding carboxylic acids is 1. The number of piperidine rings is 1. The van der Waals surface area contributed by atoms with Gasteiger partial charge in [0.25, 0.3) is 0 Å². The van der Waals surface area contributed by atoms with E-state index in [1.807, 2.05) is 31.3 Å². The maximum Gasteiger partial charge on any atom is 0.408 e. The normalized spacial score (nSPS) is 18.2. The van der Waals surface area contributed by atoms with Crippen LogP contribution in [0.25, 0.3) is 11.1 Å². The molecule has 0 radical (unpaired) electrons. The molecule has 6 nitrogen and oxygen atoms in total. The van der Waals surface area contributed by atoms with Gasteiger partial charge in [-0.05, 0) is 42.1 Å². The number of hydrogen-bond acceptors (Lipinski definition) is 4. The maximum atomic E-state index is 12.5. The second kappa shape index (κ2) is 7.28. The van der Waals surface area contributed by atoms with Gasteiger partial charge in [-0.15, -0.1) is 0 Å². The fraction of sp³-hybridized carbons (Fsp3) is 0.364. The van der Waals surface area contributed by atoms with E-state index in [1.165, 1.54) is 0 Å². The van der Waals surface area contributed by atoms with Crippen molar-refractivity contribution >= 4 is 12.1 Å². The Kier molecular flexibility index (Phi) is 4.81. The molecule has 2 aromatic carbocycles. The summed E-state index contributed by atoms with van der Waals surface area (Å²) in [4.78, 5) is 26.3. The van der Waals surface area contributed by atoms with E-state index in [4.69, 9.17) is 4.74 Å². The van der Waals surface area contributed by atoms with Crippen molar-refractivity contribution in [3.63, 3.8) is 0 Å². The minimum Gasteiger partial charge on any atom is -0.480 e. The Morgan fingerprint density at radius 2 is 1.61 bits per heavy atom. The molecule has 146 valence electrons. The molecule has 4 rings (SSSR count). The lowest BCUT2D eigenvalue weighted by atomic mass is 9.88. The van der Waals surface area contributed by atoms with E-state index in [0.29, 0.717) is 25.9 Å². The summed E-state index contributed by atoms with van der Waals surface area (Å²) >= 11 is 0. The molecule has 2 N–H and O–H groups in total. The lowest BCUT2D eigenvalue weighted by molar-refractivity contribution is -0.146. The Labute approximate surface area is 164 Å². The first-order valence-electron chi connectivity index (χ1n) is 9.55. The van der Waals surface area contributed by atoms with E-state index < -0.39 is 17.6 Å². The van der Waals surface area contributed by atoms with Crippen molar-refractivity contribution in [2.45, 2.75) is 24.3 Å². The number of carboxylic acid groups (broad SMARTS) is 1. The molecule has 1 heterocycles. The highest BCUT2D eigenvalue weighted by atomic mass is 16.5. The van der Waals surface area contributed by atoms with Crippen molar-refractivity contribution in [1.82, 2.24) is 10.2 Å². The number of ether oxygens (including phenoxy) is 1. The number of carbonyl (C=O) groups is 2. The van der Waals surface area contributed by atoms with Gasteiger partial charge in [0.15, 0.2) is 0 Å². The third kappa shape index (κ3) is 3.24. The lowest BCUT2D eigenvalue weighted by Crippen LogP contribution is -2.59. The minimum atomic E-state index is -1.25. The van der Waals surface area contributed by atoms with Crippen LogP contribution in [0.5, 0.6) is 0 Å². The fourth-order valence-corrected chi connectivity index (χ4v) is 4.22. The number of benzene rings is 2. The summed E-state index contributed by atoms with van der Waals surface area (Å²) in [7, 11) is 1.94. The number of fused-ring (bicyclic) bond motifs is 3. The topological polar surface area (TPSA) is 78.9 Å². The molecule has 0 unspecified atom stereocenters. The van der Waals surface area contributed by atoms with Gasteiger partial charge < -0.3 is 20.1 Å². The van der Waals surface area contributed by atoms with Crippen molar-refractivity contribution < 1.29 is 19.4 Å². The predicted molar refractivity (Wildman–Crippen MR) is 105 cm³/mol. The number of likely N-dealkylation sites (tertiary alicyclic amines) is 1. The first kappa shape index (κ1) is 18.5. The largest absolute Gasteiger partial charge is 0.480 e. The van der Waals surface area contributed by atoms with Crippen LogP contribution in [-0.2, 0) is 9.53 Å². The van der Waals surface area contributed by atoms with Crippen molar-refractivity contribution in [1.29, 1.82) is 0 Å². The summed E-state index contributed by atoms with van der Waals surface area (Å²) in [5.41, 5.74) is 3.32. The monoisotopic (exact) mass is 380 g/mol. The minimum absolute atomic E-state index is 0.0450. The van der Waals surface area contributed by atoms with Crippen LogP contribution in [0.1, 0.15) is 29.9 Å². The summed E-state index contributed by atoms with van der Waals surface area (Å²) < 4.78 is 5.52. The average Bonchev–Trinajstić information content (AvgIpc) is 3.02. The van der Waals surface area contributed by atoms with Crippen molar-refractivity contribution in [2.24, 2.45) is 0 Å². The third-order valence-corrected chi connectivity index (χ3v) is 5.94. The van der Waals surface area contributed by atoms with E-state index >= 15 is 0 Å². The van der Waals surface area contributed by atoms with Crippen molar-refractivity contribution in [2.75, 3.05) is 26.7 Å². The Bertz CT molecular complexity index is 857. The maximum absolute atomic E-state index is 12.5. The quantitative estimate of drug-likeness (QED) is 0.852. The van der Waals surface area contributed by atoms with Crippen LogP contribution < -0.4 is 5.32 Å². The standard InChI is InChI=1S/C22H24N2O4/c1-24-12-10-22(11-13-24,20(25)26)23-21(27)28-14-19-17-8-4-2-6-15(17)16-7-3-5-9-18(16)19/h2-9,19H,10-14H2,1H3,(H,23,27)(H,25,26). The van der Waals surface area contributed by atoms with Crippen LogP contribution in [0.3, 0.4) is 0 Å². The molecule has 2 aromatic rings. The van der Waals surface area contributed by atoms with Crippen LogP contribution in [-0.4, -0.2) is 54.4 Å². The number of hydrogen-bond donors (Lipinski definition) is 2. The zero-order chi connectivity index (χ0) is 19.7. The molecule has 0 atom stereocenters. The summed E-state index contributed by atoms with van der Waals surface area (Å²) in [5, 5.41) is 12.3. The second-order valence-corrected chi connectivity index (χ2v) is 7.64. The van der Waals surface area contributed by atoms with Gasteiger partial charge in [-0.3, -0.25) is 0 Å².